The van der Waals surface area contributed by atoms with Gasteiger partial charge in [-0.15, -0.1) is 0 Å². The fourth-order valence-electron chi connectivity index (χ4n) is 4.08. The maximum atomic E-state index is 6.07. The molecule has 3 N–H and O–H groups in total. The van der Waals surface area contributed by atoms with Gasteiger partial charge in [-0.25, -0.2) is 9.98 Å². The summed E-state index contributed by atoms with van der Waals surface area (Å²) < 4.78 is 5.79. The Hall–Kier alpha value is -2.60. The van der Waals surface area contributed by atoms with Gasteiger partial charge in [-0.3, -0.25) is 0 Å². The number of aromatic nitrogens is 1. The fraction of sp³-hybridized carbons (Fsp3) is 0.455. The first-order chi connectivity index (χ1) is 13.6. The average molecular weight is 380 g/mol. The van der Waals surface area contributed by atoms with Crippen LogP contribution in [0.25, 0.3) is 0 Å². The standard InChI is InChI=1S/C22H29N5O/c1-15-13-27(14-16(2)28-15)21-9-6-17(11-24-21)12-25-22(23)26-20-8-7-18-4-3-5-19(18)10-20/h6-11,15-16H,3-5,12-14H2,1-2H3,(H3,23,25,26). The van der Waals surface area contributed by atoms with E-state index in [4.69, 9.17) is 10.5 Å². The van der Waals surface area contributed by atoms with Gasteiger partial charge in [0.15, 0.2) is 5.96 Å². The number of anilines is 2. The number of nitrogens with two attached hydrogens (primary N) is 1. The van der Waals surface area contributed by atoms with Crippen molar-refractivity contribution in [1.82, 2.24) is 4.98 Å². The van der Waals surface area contributed by atoms with Crippen molar-refractivity contribution in [3.05, 3.63) is 53.2 Å². The quantitative estimate of drug-likeness (QED) is 0.631. The third-order valence-electron chi connectivity index (χ3n) is 5.36. The lowest BCUT2D eigenvalue weighted by molar-refractivity contribution is -0.00545. The maximum Gasteiger partial charge on any atom is 0.193 e. The zero-order chi connectivity index (χ0) is 19.5. The van der Waals surface area contributed by atoms with Crippen LogP contribution in [-0.4, -0.2) is 36.2 Å². The molecule has 2 atom stereocenters. The molecule has 0 bridgehead atoms. The van der Waals surface area contributed by atoms with Gasteiger partial charge in [-0.1, -0.05) is 12.1 Å². The number of benzene rings is 1. The lowest BCUT2D eigenvalue weighted by Crippen LogP contribution is -2.45. The molecule has 1 aromatic carbocycles. The molecule has 1 aliphatic heterocycles. The van der Waals surface area contributed by atoms with E-state index in [0.29, 0.717) is 12.5 Å². The lowest BCUT2D eigenvalue weighted by Gasteiger charge is -2.36. The second kappa shape index (κ2) is 8.19. The number of ether oxygens (including phenoxy) is 1. The van der Waals surface area contributed by atoms with Crippen molar-refractivity contribution in [1.29, 1.82) is 0 Å². The number of aliphatic imine (C=N–C) groups is 1. The Morgan fingerprint density at radius 2 is 1.96 bits per heavy atom. The first-order valence-corrected chi connectivity index (χ1v) is 10.1. The molecule has 0 amide bonds. The second-order valence-corrected chi connectivity index (χ2v) is 7.85. The van der Waals surface area contributed by atoms with E-state index in [1.165, 1.54) is 24.0 Å². The van der Waals surface area contributed by atoms with E-state index in [2.05, 4.69) is 64.4 Å². The minimum Gasteiger partial charge on any atom is -0.372 e. The Balaban J connectivity index is 1.35. The zero-order valence-electron chi connectivity index (χ0n) is 16.7. The van der Waals surface area contributed by atoms with Crippen molar-refractivity contribution in [2.75, 3.05) is 23.3 Å². The highest BCUT2D eigenvalue weighted by Gasteiger charge is 2.22. The number of pyridine rings is 1. The first kappa shape index (κ1) is 18.7. The maximum absolute atomic E-state index is 6.07. The Labute approximate surface area is 166 Å². The fourth-order valence-corrected chi connectivity index (χ4v) is 4.08. The van der Waals surface area contributed by atoms with Crippen molar-refractivity contribution >= 4 is 17.5 Å². The summed E-state index contributed by atoms with van der Waals surface area (Å²) in [4.78, 5) is 11.3. The minimum atomic E-state index is 0.222. The van der Waals surface area contributed by atoms with E-state index < -0.39 is 0 Å². The van der Waals surface area contributed by atoms with E-state index in [0.717, 1.165) is 36.6 Å². The predicted molar refractivity (Wildman–Crippen MR) is 114 cm³/mol. The third-order valence-corrected chi connectivity index (χ3v) is 5.36. The molecule has 2 aromatic rings. The molecule has 0 radical (unpaired) electrons. The summed E-state index contributed by atoms with van der Waals surface area (Å²) in [5.74, 6) is 1.41. The molecule has 6 heteroatoms. The summed E-state index contributed by atoms with van der Waals surface area (Å²) in [6.07, 6.45) is 5.91. The summed E-state index contributed by atoms with van der Waals surface area (Å²) >= 11 is 0. The average Bonchev–Trinajstić information content (AvgIpc) is 3.14. The van der Waals surface area contributed by atoms with Crippen LogP contribution in [0.1, 0.15) is 37.0 Å². The number of nitrogens with zero attached hydrogens (tertiary/aromatic N) is 3. The number of hydrogen-bond donors (Lipinski definition) is 2. The highest BCUT2D eigenvalue weighted by atomic mass is 16.5. The van der Waals surface area contributed by atoms with Gasteiger partial charge in [-0.2, -0.15) is 0 Å². The molecule has 6 nitrogen and oxygen atoms in total. The number of aryl methyl sites for hydroxylation is 2. The summed E-state index contributed by atoms with van der Waals surface area (Å²) in [6.45, 7) is 6.44. The highest BCUT2D eigenvalue weighted by molar-refractivity contribution is 5.92. The van der Waals surface area contributed by atoms with E-state index in [-0.39, 0.29) is 12.2 Å². The lowest BCUT2D eigenvalue weighted by atomic mass is 10.1. The molecule has 2 heterocycles. The van der Waals surface area contributed by atoms with Crippen molar-refractivity contribution in [3.8, 4) is 0 Å². The Kier molecular flexibility index (Phi) is 5.48. The smallest absolute Gasteiger partial charge is 0.193 e. The van der Waals surface area contributed by atoms with E-state index >= 15 is 0 Å². The number of nitrogens with one attached hydrogen (secondary N) is 1. The number of hydrogen-bond acceptors (Lipinski definition) is 4. The van der Waals surface area contributed by atoms with Crippen LogP contribution in [0.2, 0.25) is 0 Å². The van der Waals surface area contributed by atoms with Crippen LogP contribution in [0.3, 0.4) is 0 Å². The normalized spacial score (nSPS) is 22.2. The number of guanidine groups is 1. The molecule has 4 rings (SSSR count). The van der Waals surface area contributed by atoms with Gasteiger partial charge in [0.1, 0.15) is 5.82 Å². The van der Waals surface area contributed by atoms with Crippen LogP contribution in [-0.2, 0) is 24.1 Å². The van der Waals surface area contributed by atoms with Crippen LogP contribution >= 0.6 is 0 Å². The molecule has 0 spiro atoms. The highest BCUT2D eigenvalue weighted by Crippen LogP contribution is 2.24. The van der Waals surface area contributed by atoms with Gasteiger partial charge in [0, 0.05) is 25.0 Å². The van der Waals surface area contributed by atoms with Gasteiger partial charge >= 0.3 is 0 Å². The molecule has 148 valence electrons. The summed E-state index contributed by atoms with van der Waals surface area (Å²) in [5.41, 5.74) is 11.0. The molecule has 1 aliphatic carbocycles. The van der Waals surface area contributed by atoms with Gasteiger partial charge in [0.05, 0.1) is 18.8 Å². The molecule has 1 saturated heterocycles. The van der Waals surface area contributed by atoms with Gasteiger partial charge < -0.3 is 20.7 Å². The molecule has 28 heavy (non-hydrogen) atoms. The van der Waals surface area contributed by atoms with E-state index in [1.807, 2.05) is 6.20 Å². The van der Waals surface area contributed by atoms with Crippen LogP contribution < -0.4 is 16.0 Å². The van der Waals surface area contributed by atoms with Crippen LogP contribution in [0.4, 0.5) is 11.5 Å². The molecule has 2 aliphatic rings. The third kappa shape index (κ3) is 4.44. The topological polar surface area (TPSA) is 75.8 Å². The monoisotopic (exact) mass is 379 g/mol. The van der Waals surface area contributed by atoms with Crippen LogP contribution in [0, 0.1) is 0 Å². The number of morpholine rings is 1. The minimum absolute atomic E-state index is 0.222. The van der Waals surface area contributed by atoms with Crippen molar-refractivity contribution in [3.63, 3.8) is 0 Å². The molecule has 1 aromatic heterocycles. The van der Waals surface area contributed by atoms with E-state index in [1.54, 1.807) is 0 Å². The van der Waals surface area contributed by atoms with Gasteiger partial charge in [-0.05, 0) is 68.0 Å². The Bertz CT molecular complexity index is 839. The van der Waals surface area contributed by atoms with Crippen LogP contribution in [0.5, 0.6) is 0 Å². The Morgan fingerprint density at radius 1 is 1.18 bits per heavy atom. The molecular formula is C22H29N5O. The summed E-state index contributed by atoms with van der Waals surface area (Å²) in [5, 5.41) is 3.20. The first-order valence-electron chi connectivity index (χ1n) is 10.1. The van der Waals surface area contributed by atoms with Gasteiger partial charge in [0.2, 0.25) is 0 Å². The van der Waals surface area contributed by atoms with Crippen molar-refractivity contribution in [2.24, 2.45) is 10.7 Å². The SMILES string of the molecule is CC1CN(c2ccc(CN=C(N)Nc3ccc4c(c3)CCC4)cn2)CC(C)O1. The molecule has 0 saturated carbocycles. The van der Waals surface area contributed by atoms with E-state index in [9.17, 15) is 0 Å². The largest absolute Gasteiger partial charge is 0.372 e. The summed E-state index contributed by atoms with van der Waals surface area (Å²) in [6, 6.07) is 10.6. The molecular weight excluding hydrogens is 350 g/mol. The van der Waals surface area contributed by atoms with Crippen molar-refractivity contribution < 1.29 is 4.74 Å². The zero-order valence-corrected chi connectivity index (χ0v) is 16.7. The van der Waals surface area contributed by atoms with Crippen LogP contribution in [0.15, 0.2) is 41.5 Å². The molecule has 1 fully saturated rings. The second-order valence-electron chi connectivity index (χ2n) is 7.85. The number of rotatable bonds is 4. The molecule has 2 unspecified atom stereocenters. The van der Waals surface area contributed by atoms with Gasteiger partial charge in [0.25, 0.3) is 0 Å². The number of fused-ring (bicyclic) bond motifs is 1. The Morgan fingerprint density at radius 3 is 2.71 bits per heavy atom. The summed E-state index contributed by atoms with van der Waals surface area (Å²) in [7, 11) is 0. The van der Waals surface area contributed by atoms with Crippen molar-refractivity contribution in [2.45, 2.75) is 51.9 Å². The predicted octanol–water partition coefficient (Wildman–Crippen LogP) is 3.11.